The van der Waals surface area contributed by atoms with Crippen molar-refractivity contribution in [3.05, 3.63) is 81.4 Å². The molecule has 1 atom stereocenters. The second kappa shape index (κ2) is 12.1. The molecule has 45 heavy (non-hydrogen) atoms. The summed E-state index contributed by atoms with van der Waals surface area (Å²) in [6, 6.07) is 11.9. The van der Waals surface area contributed by atoms with Crippen LogP contribution in [0.1, 0.15) is 98.2 Å². The number of carboxylic acids is 1. The Hall–Kier alpha value is -3.29. The molecule has 2 aromatic carbocycles. The molecule has 6 rings (SSSR count). The van der Waals surface area contributed by atoms with Crippen LogP contribution in [0.25, 0.3) is 11.1 Å². The average Bonchev–Trinajstić information content (AvgIpc) is 2.96. The van der Waals surface area contributed by atoms with Gasteiger partial charge in [-0.3, -0.25) is 9.88 Å². The minimum atomic E-state index is -1.13. The number of rotatable bonds is 7. The van der Waals surface area contributed by atoms with Gasteiger partial charge < -0.3 is 14.7 Å². The number of anilines is 1. The highest BCUT2D eigenvalue weighted by Gasteiger charge is 2.42. The van der Waals surface area contributed by atoms with Crippen molar-refractivity contribution in [3.63, 3.8) is 0 Å². The van der Waals surface area contributed by atoms with Crippen molar-refractivity contribution < 1.29 is 19.0 Å². The molecule has 6 nitrogen and oxygen atoms in total. The predicted octanol–water partition coefficient (Wildman–Crippen LogP) is 8.08. The van der Waals surface area contributed by atoms with Gasteiger partial charge in [0.15, 0.2) is 6.10 Å². The highest BCUT2D eigenvalue weighted by Crippen LogP contribution is 2.51. The van der Waals surface area contributed by atoms with E-state index < -0.39 is 17.7 Å². The van der Waals surface area contributed by atoms with E-state index in [4.69, 9.17) is 9.72 Å². The molecule has 3 heterocycles. The van der Waals surface area contributed by atoms with Crippen molar-refractivity contribution >= 4 is 11.7 Å². The lowest BCUT2D eigenvalue weighted by Crippen LogP contribution is -2.44. The van der Waals surface area contributed by atoms with E-state index in [1.807, 2.05) is 47.6 Å². The minimum Gasteiger partial charge on any atom is -0.479 e. The summed E-state index contributed by atoms with van der Waals surface area (Å²) in [5, 5.41) is 10.5. The van der Waals surface area contributed by atoms with Crippen molar-refractivity contribution in [2.24, 2.45) is 5.41 Å². The second-order valence-corrected chi connectivity index (χ2v) is 14.7. The van der Waals surface area contributed by atoms with Crippen molar-refractivity contribution in [2.45, 2.75) is 105 Å². The Morgan fingerprint density at radius 1 is 1.02 bits per heavy atom. The molecule has 1 N–H and O–H groups in total. The summed E-state index contributed by atoms with van der Waals surface area (Å²) in [7, 11) is 0. The molecule has 3 aliphatic rings. The molecule has 3 aromatic rings. The molecule has 7 heteroatoms. The molecule has 1 spiro atoms. The highest BCUT2D eigenvalue weighted by atomic mass is 19.1. The normalized spacial score (nSPS) is 18.9. The SMILES string of the molecule is Cc1cccc(F)c1CN1CCc2cc(-c3c(C)nc(C)c([C@H](OC(C)(C)C)C(=O)O)c3N3CCC4(CCC4)CC3)ccc2C1. The molecule has 2 aliphatic heterocycles. The first-order valence-electron chi connectivity index (χ1n) is 16.6. The van der Waals surface area contributed by atoms with Gasteiger partial charge in [-0.25, -0.2) is 9.18 Å². The standard InChI is InChI=1S/C38H48FN3O3/c1-24-9-7-10-31(39)30(24)23-41-18-13-27-21-28(11-12-29(27)22-41)32-25(2)40-26(3)33(35(36(43)44)45-37(4,5)6)34(32)42-19-16-38(17-20-42)14-8-15-38/h7,9-12,21,35H,8,13-20,22-23H2,1-6H3,(H,43,44)/t35-/m0/s1. The van der Waals surface area contributed by atoms with Crippen molar-refractivity contribution in [1.29, 1.82) is 0 Å². The van der Waals surface area contributed by atoms with Crippen LogP contribution in [0, 0.1) is 32.0 Å². The quantitative estimate of drug-likeness (QED) is 0.291. The molecular formula is C38H48FN3O3. The van der Waals surface area contributed by atoms with E-state index in [-0.39, 0.29) is 5.82 Å². The van der Waals surface area contributed by atoms with Gasteiger partial charge in [-0.1, -0.05) is 36.8 Å². The molecule has 2 fully saturated rings. The number of aliphatic carboxylic acids is 1. The maximum Gasteiger partial charge on any atom is 0.337 e. The van der Waals surface area contributed by atoms with Gasteiger partial charge in [0.2, 0.25) is 0 Å². The molecule has 1 aromatic heterocycles. The van der Waals surface area contributed by atoms with E-state index in [1.165, 1.54) is 30.4 Å². The van der Waals surface area contributed by atoms with Gasteiger partial charge in [0.25, 0.3) is 0 Å². The van der Waals surface area contributed by atoms with Crippen molar-refractivity contribution in [2.75, 3.05) is 24.5 Å². The van der Waals surface area contributed by atoms with Crippen molar-refractivity contribution in [3.8, 4) is 11.1 Å². The summed E-state index contributed by atoms with van der Waals surface area (Å²) < 4.78 is 20.9. The van der Waals surface area contributed by atoms with Crippen LogP contribution < -0.4 is 4.90 Å². The zero-order chi connectivity index (χ0) is 32.1. The van der Waals surface area contributed by atoms with Gasteiger partial charge >= 0.3 is 5.97 Å². The Balaban J connectivity index is 1.39. The van der Waals surface area contributed by atoms with E-state index >= 15 is 0 Å². The molecule has 1 saturated carbocycles. The fourth-order valence-electron chi connectivity index (χ4n) is 7.79. The number of benzene rings is 2. The third-order valence-electron chi connectivity index (χ3n) is 10.4. The number of hydrogen-bond acceptors (Lipinski definition) is 5. The predicted molar refractivity (Wildman–Crippen MR) is 177 cm³/mol. The molecule has 1 saturated heterocycles. The highest BCUT2D eigenvalue weighted by molar-refractivity contribution is 5.88. The molecule has 0 bridgehead atoms. The molecule has 1 aliphatic carbocycles. The fraction of sp³-hybridized carbons (Fsp3) is 0.526. The number of aromatic nitrogens is 1. The lowest BCUT2D eigenvalue weighted by atomic mass is 9.63. The van der Waals surface area contributed by atoms with Crippen LogP contribution in [0.4, 0.5) is 10.1 Å². The van der Waals surface area contributed by atoms with Gasteiger partial charge in [-0.05, 0) is 107 Å². The zero-order valence-corrected chi connectivity index (χ0v) is 27.8. The number of aryl methyl sites for hydroxylation is 3. The second-order valence-electron chi connectivity index (χ2n) is 14.7. The van der Waals surface area contributed by atoms with Crippen LogP contribution in [0.2, 0.25) is 0 Å². The maximum absolute atomic E-state index is 14.6. The average molecular weight is 614 g/mol. The first-order valence-corrected chi connectivity index (χ1v) is 16.6. The van der Waals surface area contributed by atoms with E-state index in [0.717, 1.165) is 79.1 Å². The van der Waals surface area contributed by atoms with E-state index in [2.05, 4.69) is 28.0 Å². The fourth-order valence-corrected chi connectivity index (χ4v) is 7.79. The summed E-state index contributed by atoms with van der Waals surface area (Å²) in [5.41, 5.74) is 9.45. The Morgan fingerprint density at radius 2 is 1.76 bits per heavy atom. The van der Waals surface area contributed by atoms with Crippen LogP contribution in [0.15, 0.2) is 36.4 Å². The summed E-state index contributed by atoms with van der Waals surface area (Å²) >= 11 is 0. The summed E-state index contributed by atoms with van der Waals surface area (Å²) in [6.45, 7) is 15.7. The van der Waals surface area contributed by atoms with Gasteiger partial charge in [-0.2, -0.15) is 0 Å². The van der Waals surface area contributed by atoms with Crippen LogP contribution >= 0.6 is 0 Å². The molecular weight excluding hydrogens is 565 g/mol. The van der Waals surface area contributed by atoms with Crippen LogP contribution in [0.5, 0.6) is 0 Å². The number of hydrogen-bond donors (Lipinski definition) is 1. The Kier molecular flexibility index (Phi) is 8.55. The lowest BCUT2D eigenvalue weighted by Gasteiger charge is -2.49. The number of carboxylic acid groups (broad SMARTS) is 1. The minimum absolute atomic E-state index is 0.141. The van der Waals surface area contributed by atoms with E-state index in [9.17, 15) is 14.3 Å². The number of fused-ring (bicyclic) bond motifs is 1. The van der Waals surface area contributed by atoms with E-state index in [0.29, 0.717) is 23.2 Å². The van der Waals surface area contributed by atoms with Gasteiger partial charge in [0.1, 0.15) is 5.82 Å². The number of pyridine rings is 1. The third-order valence-corrected chi connectivity index (χ3v) is 10.4. The van der Waals surface area contributed by atoms with Crippen LogP contribution in [-0.4, -0.2) is 46.2 Å². The third kappa shape index (κ3) is 6.39. The number of piperidine rings is 1. The molecule has 0 amide bonds. The van der Waals surface area contributed by atoms with Crippen molar-refractivity contribution in [1.82, 2.24) is 9.88 Å². The molecule has 0 radical (unpaired) electrons. The number of halogens is 1. The Morgan fingerprint density at radius 3 is 2.38 bits per heavy atom. The lowest BCUT2D eigenvalue weighted by molar-refractivity contribution is -0.160. The maximum atomic E-state index is 14.6. The topological polar surface area (TPSA) is 65.9 Å². The van der Waals surface area contributed by atoms with Gasteiger partial charge in [0, 0.05) is 60.8 Å². The Bertz CT molecular complexity index is 1580. The van der Waals surface area contributed by atoms with E-state index in [1.54, 1.807) is 12.1 Å². The monoisotopic (exact) mass is 613 g/mol. The van der Waals surface area contributed by atoms with Crippen LogP contribution in [-0.2, 0) is 29.0 Å². The zero-order valence-electron chi connectivity index (χ0n) is 27.8. The number of carbonyl (C=O) groups is 1. The largest absolute Gasteiger partial charge is 0.479 e. The molecule has 0 unspecified atom stereocenters. The van der Waals surface area contributed by atoms with Gasteiger partial charge in [0.05, 0.1) is 11.3 Å². The van der Waals surface area contributed by atoms with Gasteiger partial charge in [-0.15, -0.1) is 0 Å². The number of ether oxygens (including phenoxy) is 1. The summed E-state index contributed by atoms with van der Waals surface area (Å²) in [5.74, 6) is -1.13. The molecule has 240 valence electrons. The number of nitrogens with zero attached hydrogens (tertiary/aromatic N) is 3. The summed E-state index contributed by atoms with van der Waals surface area (Å²) in [6.07, 6.45) is 5.93. The smallest absolute Gasteiger partial charge is 0.337 e. The first kappa shape index (κ1) is 31.7. The first-order chi connectivity index (χ1) is 21.3. The Labute approximate surface area is 267 Å². The summed E-state index contributed by atoms with van der Waals surface area (Å²) in [4.78, 5) is 22.6. The van der Waals surface area contributed by atoms with Crippen LogP contribution in [0.3, 0.4) is 0 Å².